The number of benzene rings is 1. The van der Waals surface area contributed by atoms with Crippen molar-refractivity contribution in [3.05, 3.63) is 47.5 Å². The normalized spacial score (nSPS) is 16.4. The van der Waals surface area contributed by atoms with Crippen LogP contribution in [0.15, 0.2) is 30.9 Å². The Morgan fingerprint density at radius 3 is 2.65 bits per heavy atom. The van der Waals surface area contributed by atoms with Crippen molar-refractivity contribution in [2.45, 2.75) is 37.8 Å². The number of aliphatic hydroxyl groups excluding tert-OH is 1. The highest BCUT2D eigenvalue weighted by atomic mass is 16.3. The molecule has 1 aliphatic carbocycles. The van der Waals surface area contributed by atoms with Crippen LogP contribution in [0.25, 0.3) is 0 Å². The monoisotopic (exact) mass is 268 g/mol. The van der Waals surface area contributed by atoms with E-state index in [1.807, 2.05) is 12.1 Å². The predicted octanol–water partition coefficient (Wildman–Crippen LogP) is 1.76. The summed E-state index contributed by atoms with van der Waals surface area (Å²) >= 11 is 0. The molecule has 1 saturated carbocycles. The van der Waals surface area contributed by atoms with E-state index in [4.69, 9.17) is 0 Å². The number of hydrogen-bond donors (Lipinski definition) is 1. The lowest BCUT2D eigenvalue weighted by Crippen LogP contribution is -2.32. The molecule has 1 fully saturated rings. The van der Waals surface area contributed by atoms with Gasteiger partial charge in [0.2, 0.25) is 0 Å². The SMILES string of the molecule is N#CC1(c2cc(CO)cc(Cn3cncn3)c2)CCC1. The summed E-state index contributed by atoms with van der Waals surface area (Å²) in [5.74, 6) is 0. The van der Waals surface area contributed by atoms with Crippen LogP contribution in [0.1, 0.15) is 36.0 Å². The summed E-state index contributed by atoms with van der Waals surface area (Å²) < 4.78 is 1.74. The summed E-state index contributed by atoms with van der Waals surface area (Å²) in [4.78, 5) is 3.93. The van der Waals surface area contributed by atoms with Crippen LogP contribution in [0.2, 0.25) is 0 Å². The molecule has 102 valence electrons. The van der Waals surface area contributed by atoms with Crippen LogP contribution in [-0.4, -0.2) is 19.9 Å². The van der Waals surface area contributed by atoms with Crippen molar-refractivity contribution in [3.8, 4) is 6.07 Å². The third-order valence-corrected chi connectivity index (χ3v) is 4.02. The number of aromatic nitrogens is 3. The van der Waals surface area contributed by atoms with Crippen molar-refractivity contribution in [2.75, 3.05) is 0 Å². The van der Waals surface area contributed by atoms with E-state index >= 15 is 0 Å². The van der Waals surface area contributed by atoms with Crippen LogP contribution < -0.4 is 0 Å². The molecule has 1 aromatic carbocycles. The van der Waals surface area contributed by atoms with Crippen molar-refractivity contribution >= 4 is 0 Å². The summed E-state index contributed by atoms with van der Waals surface area (Å²) in [6.07, 6.45) is 6.06. The Kier molecular flexibility index (Phi) is 3.25. The molecule has 1 N–H and O–H groups in total. The van der Waals surface area contributed by atoms with Crippen LogP contribution >= 0.6 is 0 Å². The Morgan fingerprint density at radius 2 is 2.10 bits per heavy atom. The first-order valence-electron chi connectivity index (χ1n) is 6.74. The summed E-state index contributed by atoms with van der Waals surface area (Å²) in [5, 5.41) is 23.0. The van der Waals surface area contributed by atoms with Gasteiger partial charge < -0.3 is 5.11 Å². The minimum atomic E-state index is -0.359. The molecule has 0 spiro atoms. The number of nitrogens with zero attached hydrogens (tertiary/aromatic N) is 4. The summed E-state index contributed by atoms with van der Waals surface area (Å²) in [5.41, 5.74) is 2.55. The molecule has 1 heterocycles. The molecule has 20 heavy (non-hydrogen) atoms. The van der Waals surface area contributed by atoms with Crippen molar-refractivity contribution in [1.29, 1.82) is 5.26 Å². The van der Waals surface area contributed by atoms with E-state index in [0.717, 1.165) is 36.0 Å². The second-order valence-electron chi connectivity index (χ2n) is 5.34. The lowest BCUT2D eigenvalue weighted by molar-refractivity contribution is 0.280. The van der Waals surface area contributed by atoms with Crippen molar-refractivity contribution in [3.63, 3.8) is 0 Å². The first-order valence-corrected chi connectivity index (χ1v) is 6.74. The molecular formula is C15H16N4O. The lowest BCUT2D eigenvalue weighted by Gasteiger charge is -2.36. The van der Waals surface area contributed by atoms with Gasteiger partial charge in [0.1, 0.15) is 12.7 Å². The fraction of sp³-hybridized carbons (Fsp3) is 0.400. The topological polar surface area (TPSA) is 74.7 Å². The Balaban J connectivity index is 1.97. The molecule has 5 heteroatoms. The van der Waals surface area contributed by atoms with Gasteiger partial charge in [0.05, 0.1) is 24.6 Å². The number of aliphatic hydroxyl groups is 1. The average Bonchev–Trinajstić information content (AvgIpc) is 2.91. The standard InChI is InChI=1S/C15H16N4O/c16-9-15(2-1-3-15)14-5-12(4-13(6-14)8-20)7-19-11-17-10-18-19/h4-6,10-11,20H,1-3,7-8H2. The molecule has 0 saturated heterocycles. The van der Waals surface area contributed by atoms with Crippen LogP contribution in [0.3, 0.4) is 0 Å². The maximum absolute atomic E-state index is 9.46. The summed E-state index contributed by atoms with van der Waals surface area (Å²) in [6, 6.07) is 8.42. The van der Waals surface area contributed by atoms with E-state index in [2.05, 4.69) is 22.2 Å². The molecule has 2 aromatic rings. The number of hydrogen-bond acceptors (Lipinski definition) is 4. The van der Waals surface area contributed by atoms with Gasteiger partial charge in [-0.05, 0) is 36.0 Å². The van der Waals surface area contributed by atoms with E-state index in [9.17, 15) is 10.4 Å². The third kappa shape index (κ3) is 2.19. The van der Waals surface area contributed by atoms with Gasteiger partial charge in [0, 0.05) is 0 Å². The maximum atomic E-state index is 9.46. The van der Waals surface area contributed by atoms with Gasteiger partial charge in [-0.15, -0.1) is 0 Å². The van der Waals surface area contributed by atoms with Crippen molar-refractivity contribution in [1.82, 2.24) is 14.8 Å². The molecule has 1 aliphatic rings. The fourth-order valence-corrected chi connectivity index (χ4v) is 2.72. The van der Waals surface area contributed by atoms with E-state index in [0.29, 0.717) is 6.54 Å². The zero-order valence-corrected chi connectivity index (χ0v) is 11.2. The molecule has 1 aromatic heterocycles. The van der Waals surface area contributed by atoms with E-state index < -0.39 is 0 Å². The minimum Gasteiger partial charge on any atom is -0.392 e. The molecule has 0 atom stereocenters. The van der Waals surface area contributed by atoms with E-state index in [1.54, 1.807) is 11.0 Å². The minimum absolute atomic E-state index is 0.0142. The molecule has 0 amide bonds. The van der Waals surface area contributed by atoms with Gasteiger partial charge in [0.15, 0.2) is 0 Å². The Morgan fingerprint density at radius 1 is 1.30 bits per heavy atom. The van der Waals surface area contributed by atoms with Gasteiger partial charge in [-0.3, -0.25) is 0 Å². The van der Waals surface area contributed by atoms with Crippen molar-refractivity contribution in [2.24, 2.45) is 0 Å². The van der Waals surface area contributed by atoms with Gasteiger partial charge in [-0.2, -0.15) is 10.4 Å². The molecule has 0 bridgehead atoms. The number of rotatable bonds is 4. The molecule has 0 radical (unpaired) electrons. The molecular weight excluding hydrogens is 252 g/mol. The van der Waals surface area contributed by atoms with E-state index in [-0.39, 0.29) is 12.0 Å². The Bertz CT molecular complexity index is 638. The first-order chi connectivity index (χ1) is 9.75. The second kappa shape index (κ2) is 5.06. The van der Waals surface area contributed by atoms with Crippen LogP contribution in [-0.2, 0) is 18.6 Å². The fourth-order valence-electron chi connectivity index (χ4n) is 2.72. The second-order valence-corrected chi connectivity index (χ2v) is 5.34. The van der Waals surface area contributed by atoms with Gasteiger partial charge in [0.25, 0.3) is 0 Å². The zero-order chi connectivity index (χ0) is 14.0. The lowest BCUT2D eigenvalue weighted by atomic mass is 9.65. The zero-order valence-electron chi connectivity index (χ0n) is 11.2. The number of nitriles is 1. The molecule has 3 rings (SSSR count). The Hall–Kier alpha value is -2.19. The maximum Gasteiger partial charge on any atom is 0.137 e. The molecule has 5 nitrogen and oxygen atoms in total. The Labute approximate surface area is 117 Å². The van der Waals surface area contributed by atoms with Gasteiger partial charge in [-0.25, -0.2) is 9.67 Å². The largest absolute Gasteiger partial charge is 0.392 e. The van der Waals surface area contributed by atoms with Gasteiger partial charge >= 0.3 is 0 Å². The first kappa shape index (κ1) is 12.8. The average molecular weight is 268 g/mol. The van der Waals surface area contributed by atoms with E-state index in [1.165, 1.54) is 6.33 Å². The van der Waals surface area contributed by atoms with Crippen LogP contribution in [0.4, 0.5) is 0 Å². The summed E-state index contributed by atoms with van der Waals surface area (Å²) in [7, 11) is 0. The highest BCUT2D eigenvalue weighted by molar-refractivity contribution is 5.40. The highest BCUT2D eigenvalue weighted by Gasteiger charge is 2.39. The molecule has 0 aliphatic heterocycles. The van der Waals surface area contributed by atoms with Crippen LogP contribution in [0.5, 0.6) is 0 Å². The third-order valence-electron chi connectivity index (χ3n) is 4.02. The smallest absolute Gasteiger partial charge is 0.137 e. The molecule has 0 unspecified atom stereocenters. The van der Waals surface area contributed by atoms with Gasteiger partial charge in [-0.1, -0.05) is 18.2 Å². The highest BCUT2D eigenvalue weighted by Crippen LogP contribution is 2.43. The van der Waals surface area contributed by atoms with Crippen molar-refractivity contribution < 1.29 is 5.11 Å². The quantitative estimate of drug-likeness (QED) is 0.917. The predicted molar refractivity (Wildman–Crippen MR) is 72.6 cm³/mol. The van der Waals surface area contributed by atoms with Crippen LogP contribution in [0, 0.1) is 11.3 Å². The summed E-state index contributed by atoms with van der Waals surface area (Å²) in [6.45, 7) is 0.585.